The van der Waals surface area contributed by atoms with E-state index in [1.165, 1.54) is 6.07 Å². The topological polar surface area (TPSA) is 26.0 Å². The lowest BCUT2D eigenvalue weighted by atomic mass is 9.82. The Labute approximate surface area is 118 Å². The number of rotatable bonds is 4. The van der Waals surface area contributed by atoms with E-state index in [-0.39, 0.29) is 17.3 Å². The number of halogens is 2. The van der Waals surface area contributed by atoms with Gasteiger partial charge in [-0.3, -0.25) is 0 Å². The van der Waals surface area contributed by atoms with Crippen molar-refractivity contribution in [3.63, 3.8) is 0 Å². The second-order valence-corrected chi connectivity index (χ2v) is 7.29. The molecule has 0 aliphatic rings. The maximum absolute atomic E-state index is 13.7. The van der Waals surface area contributed by atoms with Gasteiger partial charge in [-0.1, -0.05) is 43.6 Å². The molecule has 0 aromatic heterocycles. The van der Waals surface area contributed by atoms with Crippen molar-refractivity contribution >= 4 is 15.9 Å². The Morgan fingerprint density at radius 1 is 1.33 bits per heavy atom. The number of nitrogens with two attached hydrogens (primary N) is 1. The van der Waals surface area contributed by atoms with Crippen LogP contribution in [0.15, 0.2) is 22.7 Å². The molecular weight excluding hydrogens is 293 g/mol. The highest BCUT2D eigenvalue weighted by molar-refractivity contribution is 9.10. The van der Waals surface area contributed by atoms with Gasteiger partial charge in [-0.25, -0.2) is 4.39 Å². The van der Waals surface area contributed by atoms with Crippen LogP contribution in [0.5, 0.6) is 0 Å². The fourth-order valence-electron chi connectivity index (χ4n) is 2.49. The molecule has 0 spiro atoms. The molecule has 102 valence electrons. The normalized spacial score (nSPS) is 15.5. The molecule has 0 aliphatic heterocycles. The van der Waals surface area contributed by atoms with E-state index >= 15 is 0 Å². The maximum atomic E-state index is 13.7. The third-order valence-corrected chi connectivity index (χ3v) is 3.47. The Morgan fingerprint density at radius 2 is 1.94 bits per heavy atom. The van der Waals surface area contributed by atoms with Crippen molar-refractivity contribution in [3.8, 4) is 0 Å². The summed E-state index contributed by atoms with van der Waals surface area (Å²) in [4.78, 5) is 0. The zero-order valence-electron chi connectivity index (χ0n) is 11.6. The van der Waals surface area contributed by atoms with E-state index in [1.807, 2.05) is 0 Å². The highest BCUT2D eigenvalue weighted by Crippen LogP contribution is 2.31. The van der Waals surface area contributed by atoms with Crippen LogP contribution in [0.1, 0.15) is 52.1 Å². The molecule has 0 heterocycles. The summed E-state index contributed by atoms with van der Waals surface area (Å²) in [7, 11) is 0. The standard InChI is InChI=1S/C15H23BrFN/c1-10(9-15(2,3)4)7-14(18)12-8-11(16)5-6-13(12)17/h5-6,8,10,14H,7,9,18H2,1-4H3. The van der Waals surface area contributed by atoms with Gasteiger partial charge in [0.2, 0.25) is 0 Å². The predicted molar refractivity (Wildman–Crippen MR) is 78.9 cm³/mol. The highest BCUT2D eigenvalue weighted by Gasteiger charge is 2.19. The predicted octanol–water partition coefficient (Wildman–Crippen LogP) is 5.05. The molecule has 1 rings (SSSR count). The number of hydrogen-bond donors (Lipinski definition) is 1. The first-order chi connectivity index (χ1) is 8.19. The van der Waals surface area contributed by atoms with Gasteiger partial charge in [0.15, 0.2) is 0 Å². The van der Waals surface area contributed by atoms with Crippen LogP contribution in [-0.4, -0.2) is 0 Å². The summed E-state index contributed by atoms with van der Waals surface area (Å²) in [5.41, 5.74) is 7.01. The first kappa shape index (κ1) is 15.6. The largest absolute Gasteiger partial charge is 0.324 e. The molecular formula is C15H23BrFN. The molecule has 0 bridgehead atoms. The summed E-state index contributed by atoms with van der Waals surface area (Å²) in [6, 6.07) is 4.71. The van der Waals surface area contributed by atoms with Gasteiger partial charge >= 0.3 is 0 Å². The number of benzene rings is 1. The van der Waals surface area contributed by atoms with Gasteiger partial charge in [-0.2, -0.15) is 0 Å². The van der Waals surface area contributed by atoms with Crippen LogP contribution in [0.3, 0.4) is 0 Å². The SMILES string of the molecule is CC(CC(N)c1cc(Br)ccc1F)CC(C)(C)C. The van der Waals surface area contributed by atoms with E-state index in [0.29, 0.717) is 11.5 Å². The lowest BCUT2D eigenvalue weighted by Crippen LogP contribution is -2.19. The average molecular weight is 316 g/mol. The molecule has 0 saturated carbocycles. The quantitative estimate of drug-likeness (QED) is 0.826. The molecule has 1 aromatic carbocycles. The van der Waals surface area contributed by atoms with Gasteiger partial charge in [-0.15, -0.1) is 0 Å². The summed E-state index contributed by atoms with van der Waals surface area (Å²) >= 11 is 3.36. The fourth-order valence-corrected chi connectivity index (χ4v) is 2.87. The lowest BCUT2D eigenvalue weighted by Gasteiger charge is -2.25. The van der Waals surface area contributed by atoms with Gasteiger partial charge < -0.3 is 5.73 Å². The van der Waals surface area contributed by atoms with Crippen LogP contribution in [0, 0.1) is 17.2 Å². The van der Waals surface area contributed by atoms with E-state index in [9.17, 15) is 4.39 Å². The van der Waals surface area contributed by atoms with Crippen molar-refractivity contribution in [3.05, 3.63) is 34.1 Å². The molecule has 0 amide bonds. The molecule has 1 nitrogen and oxygen atoms in total. The Balaban J connectivity index is 2.70. The first-order valence-electron chi connectivity index (χ1n) is 6.39. The van der Waals surface area contributed by atoms with Crippen molar-refractivity contribution in [1.82, 2.24) is 0 Å². The van der Waals surface area contributed by atoms with Crippen LogP contribution in [0.2, 0.25) is 0 Å². The van der Waals surface area contributed by atoms with Crippen LogP contribution in [0.25, 0.3) is 0 Å². The summed E-state index contributed by atoms with van der Waals surface area (Å²) < 4.78 is 14.6. The third kappa shape index (κ3) is 5.07. The highest BCUT2D eigenvalue weighted by atomic mass is 79.9. The molecule has 2 N–H and O–H groups in total. The Morgan fingerprint density at radius 3 is 2.50 bits per heavy atom. The van der Waals surface area contributed by atoms with E-state index in [0.717, 1.165) is 17.3 Å². The van der Waals surface area contributed by atoms with Gasteiger partial charge in [-0.05, 0) is 42.4 Å². The first-order valence-corrected chi connectivity index (χ1v) is 7.19. The van der Waals surface area contributed by atoms with Crippen molar-refractivity contribution in [2.45, 2.75) is 46.6 Å². The van der Waals surface area contributed by atoms with Crippen LogP contribution in [-0.2, 0) is 0 Å². The Bertz CT molecular complexity index is 398. The van der Waals surface area contributed by atoms with Gasteiger partial charge in [0.25, 0.3) is 0 Å². The zero-order valence-corrected chi connectivity index (χ0v) is 13.2. The summed E-state index contributed by atoms with van der Waals surface area (Å²) in [5.74, 6) is 0.270. The average Bonchev–Trinajstić information content (AvgIpc) is 2.18. The number of hydrogen-bond acceptors (Lipinski definition) is 1. The van der Waals surface area contributed by atoms with Gasteiger partial charge in [0, 0.05) is 16.1 Å². The molecule has 1 aromatic rings. The smallest absolute Gasteiger partial charge is 0.128 e. The van der Waals surface area contributed by atoms with Crippen molar-refractivity contribution in [1.29, 1.82) is 0 Å². The van der Waals surface area contributed by atoms with Crippen LogP contribution < -0.4 is 5.73 Å². The zero-order chi connectivity index (χ0) is 13.9. The molecule has 18 heavy (non-hydrogen) atoms. The molecule has 3 heteroatoms. The van der Waals surface area contributed by atoms with Gasteiger partial charge in [0.05, 0.1) is 0 Å². The lowest BCUT2D eigenvalue weighted by molar-refractivity contribution is 0.285. The van der Waals surface area contributed by atoms with Gasteiger partial charge in [0.1, 0.15) is 5.82 Å². The monoisotopic (exact) mass is 315 g/mol. The van der Waals surface area contributed by atoms with E-state index < -0.39 is 0 Å². The molecule has 0 radical (unpaired) electrons. The van der Waals surface area contributed by atoms with E-state index in [1.54, 1.807) is 12.1 Å². The summed E-state index contributed by atoms with van der Waals surface area (Å²) in [6.45, 7) is 8.83. The van der Waals surface area contributed by atoms with E-state index in [2.05, 4.69) is 43.6 Å². The minimum absolute atomic E-state index is 0.214. The van der Waals surface area contributed by atoms with Crippen LogP contribution >= 0.6 is 15.9 Å². The van der Waals surface area contributed by atoms with Crippen molar-refractivity contribution in [2.75, 3.05) is 0 Å². The van der Waals surface area contributed by atoms with Crippen LogP contribution in [0.4, 0.5) is 4.39 Å². The third-order valence-electron chi connectivity index (χ3n) is 2.97. The van der Waals surface area contributed by atoms with E-state index in [4.69, 9.17) is 5.73 Å². The minimum Gasteiger partial charge on any atom is -0.324 e. The molecule has 0 saturated heterocycles. The summed E-state index contributed by atoms with van der Waals surface area (Å²) in [5, 5.41) is 0. The summed E-state index contributed by atoms with van der Waals surface area (Å²) in [6.07, 6.45) is 1.90. The maximum Gasteiger partial charge on any atom is 0.128 e. The molecule has 0 aliphatic carbocycles. The minimum atomic E-state index is -0.236. The molecule has 2 atom stereocenters. The molecule has 2 unspecified atom stereocenters. The van der Waals surface area contributed by atoms with Crippen molar-refractivity contribution in [2.24, 2.45) is 17.1 Å². The second-order valence-electron chi connectivity index (χ2n) is 6.38. The Kier molecular flexibility index (Phi) is 5.35. The fraction of sp³-hybridized carbons (Fsp3) is 0.600. The van der Waals surface area contributed by atoms with Crippen molar-refractivity contribution < 1.29 is 4.39 Å². The molecule has 0 fully saturated rings. The second kappa shape index (κ2) is 6.16. The Hall–Kier alpha value is -0.410.